The predicted octanol–water partition coefficient (Wildman–Crippen LogP) is 3.18. The highest BCUT2D eigenvalue weighted by Gasteiger charge is 2.11. The molecule has 0 aromatic heterocycles. The molecule has 0 aliphatic rings. The first-order valence-corrected chi connectivity index (χ1v) is 9.81. The Balaban J connectivity index is 2.52. The lowest BCUT2D eigenvalue weighted by Crippen LogP contribution is -2.32. The van der Waals surface area contributed by atoms with Gasteiger partial charge in [-0.15, -0.1) is 0 Å². The van der Waals surface area contributed by atoms with Crippen LogP contribution in [0.5, 0.6) is 0 Å². The minimum absolute atomic E-state index is 0.000500. The Kier molecular flexibility index (Phi) is 7.07. The molecule has 0 saturated heterocycles. The molecule has 0 saturated carbocycles. The molecule has 0 bridgehead atoms. The van der Waals surface area contributed by atoms with E-state index in [0.29, 0.717) is 17.0 Å². The summed E-state index contributed by atoms with van der Waals surface area (Å²) in [6.07, 6.45) is 4.44. The van der Waals surface area contributed by atoms with E-state index in [1.54, 1.807) is 24.3 Å². The number of nitrogens with one attached hydrogen (secondary N) is 1. The van der Waals surface area contributed by atoms with Crippen LogP contribution in [0.25, 0.3) is 0 Å². The van der Waals surface area contributed by atoms with Gasteiger partial charge in [-0.25, -0.2) is 8.42 Å². The summed E-state index contributed by atoms with van der Waals surface area (Å²) in [4.78, 5) is 12.1. The van der Waals surface area contributed by atoms with Crippen molar-refractivity contribution in [2.75, 3.05) is 6.26 Å². The molecule has 1 N–H and O–H groups in total. The van der Waals surface area contributed by atoms with Crippen molar-refractivity contribution in [2.45, 2.75) is 51.8 Å². The van der Waals surface area contributed by atoms with Crippen molar-refractivity contribution in [3.8, 4) is 0 Å². The Bertz CT molecular complexity index is 576. The van der Waals surface area contributed by atoms with Gasteiger partial charge in [-0.2, -0.15) is 0 Å². The highest BCUT2D eigenvalue weighted by molar-refractivity contribution is 7.89. The monoisotopic (exact) mass is 325 g/mol. The Hall–Kier alpha value is -1.36. The number of carbonyl (C=O) groups excluding carboxylic acids is 1. The van der Waals surface area contributed by atoms with Gasteiger partial charge < -0.3 is 5.32 Å². The van der Waals surface area contributed by atoms with Crippen molar-refractivity contribution in [1.82, 2.24) is 5.32 Å². The summed E-state index contributed by atoms with van der Waals surface area (Å²) in [5.41, 5.74) is 1.26. The first-order valence-electron chi connectivity index (χ1n) is 7.75. The predicted molar refractivity (Wildman–Crippen MR) is 90.6 cm³/mol. The molecule has 0 aliphatic carbocycles. The average molecular weight is 325 g/mol. The number of sulfone groups is 1. The van der Waals surface area contributed by atoms with Crippen molar-refractivity contribution in [3.05, 3.63) is 35.4 Å². The summed E-state index contributed by atoms with van der Waals surface area (Å²) in [7, 11) is -3.05. The first kappa shape index (κ1) is 18.7. The van der Waals surface area contributed by atoms with Crippen LogP contribution in [0.3, 0.4) is 0 Å². The third-order valence-corrected chi connectivity index (χ3v) is 4.30. The van der Waals surface area contributed by atoms with Crippen LogP contribution in [0.15, 0.2) is 24.3 Å². The van der Waals surface area contributed by atoms with Gasteiger partial charge in [0, 0.05) is 17.9 Å². The van der Waals surface area contributed by atoms with Crippen LogP contribution in [0.4, 0.5) is 0 Å². The average Bonchev–Trinajstić information content (AvgIpc) is 2.37. The lowest BCUT2D eigenvalue weighted by Gasteiger charge is -2.14. The van der Waals surface area contributed by atoms with E-state index in [1.165, 1.54) is 12.7 Å². The molecule has 124 valence electrons. The Morgan fingerprint density at radius 1 is 1.09 bits per heavy atom. The first-order chi connectivity index (χ1) is 10.2. The molecule has 0 aliphatic heterocycles. The highest BCUT2D eigenvalue weighted by Crippen LogP contribution is 2.10. The highest BCUT2D eigenvalue weighted by atomic mass is 32.2. The maximum Gasteiger partial charge on any atom is 0.251 e. The smallest absolute Gasteiger partial charge is 0.251 e. The zero-order chi connectivity index (χ0) is 16.8. The van der Waals surface area contributed by atoms with Crippen molar-refractivity contribution >= 4 is 15.7 Å². The Labute approximate surface area is 134 Å². The summed E-state index contributed by atoms with van der Waals surface area (Å²) >= 11 is 0. The molecule has 0 spiro atoms. The molecule has 1 aromatic carbocycles. The molecule has 1 amide bonds. The SMILES string of the molecule is CC(C)CCC[C@H](C)NC(=O)c1ccc(CS(C)(=O)=O)cc1. The van der Waals surface area contributed by atoms with E-state index in [4.69, 9.17) is 0 Å². The molecule has 4 nitrogen and oxygen atoms in total. The summed E-state index contributed by atoms with van der Waals surface area (Å²) in [6, 6.07) is 6.88. The van der Waals surface area contributed by atoms with E-state index in [2.05, 4.69) is 19.2 Å². The van der Waals surface area contributed by atoms with E-state index in [9.17, 15) is 13.2 Å². The summed E-state index contributed by atoms with van der Waals surface area (Å²) in [5, 5.41) is 2.98. The maximum absolute atomic E-state index is 12.1. The molecule has 1 rings (SSSR count). The van der Waals surface area contributed by atoms with Crippen LogP contribution in [-0.4, -0.2) is 26.6 Å². The van der Waals surface area contributed by atoms with Gasteiger partial charge in [0.2, 0.25) is 0 Å². The summed E-state index contributed by atoms with van der Waals surface area (Å²) < 4.78 is 22.5. The molecular formula is C17H27NO3S. The van der Waals surface area contributed by atoms with Gasteiger partial charge >= 0.3 is 0 Å². The fourth-order valence-electron chi connectivity index (χ4n) is 2.27. The number of hydrogen-bond acceptors (Lipinski definition) is 3. The van der Waals surface area contributed by atoms with E-state index < -0.39 is 9.84 Å². The second-order valence-corrected chi connectivity index (χ2v) is 8.61. The minimum Gasteiger partial charge on any atom is -0.350 e. The van der Waals surface area contributed by atoms with E-state index >= 15 is 0 Å². The Morgan fingerprint density at radius 2 is 1.68 bits per heavy atom. The molecular weight excluding hydrogens is 298 g/mol. The molecule has 5 heteroatoms. The van der Waals surface area contributed by atoms with Crippen LogP contribution >= 0.6 is 0 Å². The standard InChI is InChI=1S/C17H27NO3S/c1-13(2)6-5-7-14(3)18-17(19)16-10-8-15(9-11-16)12-22(4,20)21/h8-11,13-14H,5-7,12H2,1-4H3,(H,18,19)/t14-/m0/s1. The second kappa shape index (κ2) is 8.32. The fraction of sp³-hybridized carbons (Fsp3) is 0.588. The summed E-state index contributed by atoms with van der Waals surface area (Å²) in [5.74, 6) is 0.578. The molecule has 1 aromatic rings. The number of amides is 1. The second-order valence-electron chi connectivity index (χ2n) is 6.47. The van der Waals surface area contributed by atoms with Gasteiger partial charge in [0.25, 0.3) is 5.91 Å². The maximum atomic E-state index is 12.1. The van der Waals surface area contributed by atoms with Crippen molar-refractivity contribution in [1.29, 1.82) is 0 Å². The van der Waals surface area contributed by atoms with Gasteiger partial charge in [0.15, 0.2) is 9.84 Å². The summed E-state index contributed by atoms with van der Waals surface area (Å²) in [6.45, 7) is 6.40. The Morgan fingerprint density at radius 3 is 2.18 bits per heavy atom. The van der Waals surface area contributed by atoms with E-state index in [-0.39, 0.29) is 17.7 Å². The van der Waals surface area contributed by atoms with E-state index in [1.807, 2.05) is 6.92 Å². The van der Waals surface area contributed by atoms with Gasteiger partial charge in [-0.05, 0) is 37.0 Å². The largest absolute Gasteiger partial charge is 0.350 e. The van der Waals surface area contributed by atoms with Crippen LogP contribution in [0.1, 0.15) is 56.0 Å². The van der Waals surface area contributed by atoms with Crippen molar-refractivity contribution in [2.24, 2.45) is 5.92 Å². The van der Waals surface area contributed by atoms with Crippen LogP contribution < -0.4 is 5.32 Å². The molecule has 1 atom stereocenters. The van der Waals surface area contributed by atoms with Crippen molar-refractivity contribution in [3.63, 3.8) is 0 Å². The van der Waals surface area contributed by atoms with Crippen LogP contribution in [-0.2, 0) is 15.6 Å². The molecule has 0 fully saturated rings. The number of hydrogen-bond donors (Lipinski definition) is 1. The third kappa shape index (κ3) is 7.59. The molecule has 0 radical (unpaired) electrons. The minimum atomic E-state index is -3.05. The number of rotatable bonds is 8. The number of carbonyl (C=O) groups is 1. The zero-order valence-corrected chi connectivity index (χ0v) is 14.7. The van der Waals surface area contributed by atoms with Crippen LogP contribution in [0.2, 0.25) is 0 Å². The fourth-order valence-corrected chi connectivity index (χ4v) is 3.06. The molecule has 0 heterocycles. The lowest BCUT2D eigenvalue weighted by molar-refractivity contribution is 0.0938. The normalized spacial score (nSPS) is 13.1. The van der Waals surface area contributed by atoms with Crippen molar-refractivity contribution < 1.29 is 13.2 Å². The van der Waals surface area contributed by atoms with Gasteiger partial charge in [0.1, 0.15) is 0 Å². The van der Waals surface area contributed by atoms with Gasteiger partial charge in [-0.3, -0.25) is 4.79 Å². The zero-order valence-electron chi connectivity index (χ0n) is 13.9. The van der Waals surface area contributed by atoms with Gasteiger partial charge in [-0.1, -0.05) is 38.8 Å². The van der Waals surface area contributed by atoms with Crippen LogP contribution in [0, 0.1) is 5.92 Å². The van der Waals surface area contributed by atoms with E-state index in [0.717, 1.165) is 12.8 Å². The molecule has 22 heavy (non-hydrogen) atoms. The topological polar surface area (TPSA) is 63.2 Å². The lowest BCUT2D eigenvalue weighted by atomic mass is 10.0. The molecule has 0 unspecified atom stereocenters. The van der Waals surface area contributed by atoms with Gasteiger partial charge in [0.05, 0.1) is 5.75 Å². The third-order valence-electron chi connectivity index (χ3n) is 3.44. The quantitative estimate of drug-likeness (QED) is 0.798. The number of benzene rings is 1.